The molecule has 1 unspecified atom stereocenters. The number of allylic oxidation sites excluding steroid dienone is 1. The summed E-state index contributed by atoms with van der Waals surface area (Å²) in [6, 6.07) is 3.23. The van der Waals surface area contributed by atoms with Gasteiger partial charge >= 0.3 is 16.6 Å². The van der Waals surface area contributed by atoms with Crippen molar-refractivity contribution in [3.8, 4) is 0 Å². The van der Waals surface area contributed by atoms with Gasteiger partial charge in [-0.3, -0.25) is 0 Å². The van der Waals surface area contributed by atoms with E-state index >= 15 is 0 Å². The van der Waals surface area contributed by atoms with Gasteiger partial charge in [-0.2, -0.15) is 5.10 Å². The van der Waals surface area contributed by atoms with Crippen molar-refractivity contribution in [1.29, 1.82) is 0 Å². The Labute approximate surface area is 125 Å². The Morgan fingerprint density at radius 1 is 1.53 bits per heavy atom. The molecule has 2 rings (SSSR count). The summed E-state index contributed by atoms with van der Waals surface area (Å²) in [5.74, 6) is 1.79. The monoisotopic (exact) mass is 290 g/mol. The number of aromatic nitrogens is 2. The molecule has 0 saturated carbocycles. The molecule has 2 heterocycles. The van der Waals surface area contributed by atoms with Crippen LogP contribution in [0, 0.1) is 5.41 Å². The Morgan fingerprint density at radius 2 is 2.26 bits per heavy atom. The zero-order valence-corrected chi connectivity index (χ0v) is 15.1. The zero-order chi connectivity index (χ0) is 14.0. The van der Waals surface area contributed by atoms with E-state index in [1.165, 1.54) is 16.6 Å². The molecule has 1 aliphatic heterocycles. The summed E-state index contributed by atoms with van der Waals surface area (Å²) in [6.45, 7) is 8.72. The van der Waals surface area contributed by atoms with Gasteiger partial charge in [0, 0.05) is 21.4 Å². The first kappa shape index (κ1) is 14.6. The van der Waals surface area contributed by atoms with Gasteiger partial charge in [-0.05, 0) is 32.4 Å². The van der Waals surface area contributed by atoms with E-state index < -0.39 is 0 Å². The Morgan fingerprint density at radius 3 is 2.84 bits per heavy atom. The van der Waals surface area contributed by atoms with Crippen LogP contribution in [0.5, 0.6) is 0 Å². The highest BCUT2D eigenvalue weighted by molar-refractivity contribution is 6.32. The largest absolute Gasteiger partial charge is 0.650 e. The van der Waals surface area contributed by atoms with Crippen LogP contribution >= 0.6 is 0 Å². The molecule has 0 saturated heterocycles. The first-order chi connectivity index (χ1) is 9.06. The lowest BCUT2D eigenvalue weighted by molar-refractivity contribution is 0.339. The number of hydrogen-bond donors (Lipinski definition) is 0. The van der Waals surface area contributed by atoms with Crippen molar-refractivity contribution >= 4 is 37.7 Å². The maximum atomic E-state index is 5.67. The molecule has 19 heavy (non-hydrogen) atoms. The van der Waals surface area contributed by atoms with Crippen molar-refractivity contribution < 1.29 is 3.79 Å². The average molecular weight is 290 g/mol. The van der Waals surface area contributed by atoms with Gasteiger partial charge in [0.15, 0.2) is 5.82 Å². The van der Waals surface area contributed by atoms with Crippen molar-refractivity contribution in [2.45, 2.75) is 39.8 Å². The van der Waals surface area contributed by atoms with E-state index in [-0.39, 0.29) is 14.9 Å². The maximum absolute atomic E-state index is 5.67. The number of rotatable bonds is 5. The molecule has 1 aliphatic rings. The van der Waals surface area contributed by atoms with Crippen molar-refractivity contribution in [3.05, 3.63) is 23.7 Å². The van der Waals surface area contributed by atoms with E-state index in [0.717, 1.165) is 35.5 Å². The molecule has 1 radical (unpaired) electrons. The molecule has 0 bridgehead atoms. The third kappa shape index (κ3) is 2.45. The van der Waals surface area contributed by atoms with Crippen LogP contribution in [0.4, 0.5) is 0 Å². The Bertz CT molecular complexity index is 538. The molecule has 6 heteroatoms. The van der Waals surface area contributed by atoms with Crippen LogP contribution in [-0.4, -0.2) is 41.6 Å². The molecular weight excluding hydrogens is 269 g/mol. The van der Waals surface area contributed by atoms with Crippen LogP contribution in [0.2, 0.25) is 6.55 Å². The van der Waals surface area contributed by atoms with Gasteiger partial charge in [-0.25, -0.2) is 9.67 Å². The van der Waals surface area contributed by atoms with E-state index in [1.54, 1.807) is 0 Å². The second kappa shape index (κ2) is 5.66. The molecule has 0 N–H and O–H groups in total. The van der Waals surface area contributed by atoms with Gasteiger partial charge in [0.1, 0.15) is 5.76 Å². The molecule has 1 aromatic rings. The second-order valence-electron chi connectivity index (χ2n) is 5.18. The van der Waals surface area contributed by atoms with Crippen molar-refractivity contribution in [3.63, 3.8) is 0 Å². The highest BCUT2D eigenvalue weighted by atomic mass is 28.2. The predicted octanol–water partition coefficient (Wildman–Crippen LogP) is 1.45. The molecule has 0 aliphatic carbocycles. The third-order valence-electron chi connectivity index (χ3n) is 4.00. The fourth-order valence-corrected chi connectivity index (χ4v) is 3.64. The molecule has 1 atom stereocenters. The summed E-state index contributed by atoms with van der Waals surface area (Å²) in [4.78, 5) is 4.70. The SMILES string of the molecule is CCC1(C)C(C)=NC(n2ccc(C[SiH2]C)n2)=C1[O][AlH]. The van der Waals surface area contributed by atoms with E-state index in [9.17, 15) is 0 Å². The minimum Gasteiger partial charge on any atom is -0.650 e. The summed E-state index contributed by atoms with van der Waals surface area (Å²) in [5.41, 5.74) is 2.17. The van der Waals surface area contributed by atoms with Gasteiger partial charge in [-0.15, -0.1) is 0 Å². The van der Waals surface area contributed by atoms with Gasteiger partial charge in [0.05, 0.1) is 11.1 Å². The molecule has 1 aromatic heterocycles. The zero-order valence-electron chi connectivity index (χ0n) is 12.2. The lowest BCUT2D eigenvalue weighted by atomic mass is 9.82. The topological polar surface area (TPSA) is 39.4 Å². The van der Waals surface area contributed by atoms with Gasteiger partial charge in [-0.1, -0.05) is 13.5 Å². The van der Waals surface area contributed by atoms with E-state index in [4.69, 9.17) is 8.78 Å². The van der Waals surface area contributed by atoms with Crippen LogP contribution in [0.25, 0.3) is 5.82 Å². The van der Waals surface area contributed by atoms with Crippen molar-refractivity contribution in [1.82, 2.24) is 9.78 Å². The Balaban J connectivity index is 2.44. The van der Waals surface area contributed by atoms with Crippen LogP contribution in [0.1, 0.15) is 32.9 Å². The quantitative estimate of drug-likeness (QED) is 0.770. The second-order valence-corrected chi connectivity index (χ2v) is 6.97. The van der Waals surface area contributed by atoms with E-state index in [2.05, 4.69) is 38.5 Å². The number of aliphatic imine (C=N–C) groups is 1. The van der Waals surface area contributed by atoms with Gasteiger partial charge in [0.25, 0.3) is 0 Å². The van der Waals surface area contributed by atoms with Crippen molar-refractivity contribution in [2.75, 3.05) is 0 Å². The molecule has 0 fully saturated rings. The van der Waals surface area contributed by atoms with Crippen LogP contribution in [-0.2, 0) is 9.83 Å². The van der Waals surface area contributed by atoms with Crippen LogP contribution in [0.15, 0.2) is 23.0 Å². The summed E-state index contributed by atoms with van der Waals surface area (Å²) >= 11 is 1.51. The minimum atomic E-state index is -0.0945. The smallest absolute Gasteiger partial charge is 0.494 e. The number of hydrogen-bond acceptors (Lipinski definition) is 3. The maximum Gasteiger partial charge on any atom is 0.494 e. The van der Waals surface area contributed by atoms with Crippen molar-refractivity contribution in [2.24, 2.45) is 10.4 Å². The van der Waals surface area contributed by atoms with E-state index in [0.29, 0.717) is 0 Å². The van der Waals surface area contributed by atoms with Crippen LogP contribution in [0.3, 0.4) is 0 Å². The van der Waals surface area contributed by atoms with Crippen LogP contribution < -0.4 is 0 Å². The standard InChI is InChI=1S/C13H21N3OSi.Al.H/c1-5-13(3)9(2)14-12(11(13)17)16-7-6-10(15-16)8-18-4;;/h6-7,17H,5,8,18H2,1-4H3;;/q;+1;/p-1. The Hall–Kier alpha value is -0.831. The van der Waals surface area contributed by atoms with Gasteiger partial charge in [0.2, 0.25) is 0 Å². The van der Waals surface area contributed by atoms with E-state index in [1.807, 2.05) is 10.9 Å². The molecule has 0 aromatic carbocycles. The fraction of sp³-hybridized carbons (Fsp3) is 0.538. The Kier molecular flexibility index (Phi) is 4.34. The summed E-state index contributed by atoms with van der Waals surface area (Å²) < 4.78 is 7.53. The highest BCUT2D eigenvalue weighted by Gasteiger charge is 2.39. The van der Waals surface area contributed by atoms with Gasteiger partial charge < -0.3 is 3.79 Å². The average Bonchev–Trinajstić information content (AvgIpc) is 2.95. The first-order valence-corrected chi connectivity index (χ1v) is 9.83. The third-order valence-corrected chi connectivity index (χ3v) is 5.30. The molecule has 4 nitrogen and oxygen atoms in total. The molecule has 0 spiro atoms. The normalized spacial score (nSPS) is 23.5. The summed E-state index contributed by atoms with van der Waals surface area (Å²) in [6.07, 6.45) is 2.98. The summed E-state index contributed by atoms with van der Waals surface area (Å²) in [5, 5.41) is 4.62. The molecule has 101 valence electrons. The molecular formula is C13H21AlN3OSi. The number of nitrogens with zero attached hydrogens (tertiary/aromatic N) is 3. The first-order valence-electron chi connectivity index (χ1n) is 6.84. The fourth-order valence-electron chi connectivity index (χ4n) is 2.41. The highest BCUT2D eigenvalue weighted by Crippen LogP contribution is 2.41. The predicted molar refractivity (Wildman–Crippen MR) is 83.3 cm³/mol. The lowest BCUT2D eigenvalue weighted by Gasteiger charge is -2.27. The molecule has 0 amide bonds. The lowest BCUT2D eigenvalue weighted by Crippen LogP contribution is -2.25. The minimum absolute atomic E-state index is 0.00535. The summed E-state index contributed by atoms with van der Waals surface area (Å²) in [7, 11) is -0.00535.